The Morgan fingerprint density at radius 3 is 2.14 bits per heavy atom. The highest BCUT2D eigenvalue weighted by atomic mass is 31.2. The fourth-order valence-electron chi connectivity index (χ4n) is 3.38. The maximum atomic E-state index is 11.9. The summed E-state index contributed by atoms with van der Waals surface area (Å²) < 4.78 is 31.7. The molecule has 37 heavy (non-hydrogen) atoms. The molecule has 0 aliphatic rings. The van der Waals surface area contributed by atoms with Crippen molar-refractivity contribution in [2.45, 2.75) is 90.0 Å². The van der Waals surface area contributed by atoms with Crippen LogP contribution in [0.4, 0.5) is 0 Å². The van der Waals surface area contributed by atoms with Gasteiger partial charge in [-0.3, -0.25) is 18.6 Å². The Bertz CT molecular complexity index is 804. The second kappa shape index (κ2) is 20.1. The van der Waals surface area contributed by atoms with Gasteiger partial charge in [0, 0.05) is 12.8 Å². The van der Waals surface area contributed by atoms with Gasteiger partial charge in [0.1, 0.15) is 11.8 Å². The predicted octanol–water partition coefficient (Wildman–Crippen LogP) is 5.01. The molecule has 2 atom stereocenters. The number of aliphatic carboxylic acids is 1. The van der Waals surface area contributed by atoms with Gasteiger partial charge in [0.05, 0.1) is 26.4 Å². The molecule has 0 amide bonds. The number of phosphoric ester groups is 1. The number of carbonyl (C=O) groups excluding carboxylic acids is 1. The van der Waals surface area contributed by atoms with Crippen LogP contribution in [-0.4, -0.2) is 54.4 Å². The molecule has 11 heteroatoms. The molecule has 0 saturated heterocycles. The third kappa shape index (κ3) is 18.0. The Labute approximate surface area is 220 Å². The Morgan fingerprint density at radius 2 is 1.51 bits per heavy atom. The van der Waals surface area contributed by atoms with Gasteiger partial charge in [0.25, 0.3) is 0 Å². The molecule has 0 radical (unpaired) electrons. The molecule has 1 aromatic carbocycles. The second-order valence-corrected chi connectivity index (χ2v) is 10.4. The number of phosphoric acid groups is 1. The number of carboxylic acids is 1. The summed E-state index contributed by atoms with van der Waals surface area (Å²) in [6.07, 6.45) is 12.4. The molecule has 212 valence electrons. The summed E-state index contributed by atoms with van der Waals surface area (Å²) in [7, 11) is -4.42. The zero-order chi connectivity index (χ0) is 27.4. The molecule has 0 spiro atoms. The second-order valence-electron chi connectivity index (χ2n) is 8.94. The van der Waals surface area contributed by atoms with Crippen molar-refractivity contribution in [1.29, 1.82) is 0 Å². The summed E-state index contributed by atoms with van der Waals surface area (Å²) in [5, 5.41) is 8.62. The SMILES string of the molecule is CCCCCCCCCCCOc1ccc(CCC(=O)OCCCOP(=O)(O)OC[C@H](N)C(=O)O)cc1. The van der Waals surface area contributed by atoms with Crippen LogP contribution in [0.15, 0.2) is 24.3 Å². The van der Waals surface area contributed by atoms with E-state index in [1.807, 2.05) is 24.3 Å². The van der Waals surface area contributed by atoms with E-state index in [0.717, 1.165) is 17.7 Å². The van der Waals surface area contributed by atoms with Gasteiger partial charge in [-0.1, -0.05) is 70.4 Å². The first-order valence-electron chi connectivity index (χ1n) is 13.2. The van der Waals surface area contributed by atoms with Crippen molar-refractivity contribution in [2.75, 3.05) is 26.4 Å². The van der Waals surface area contributed by atoms with Crippen LogP contribution >= 0.6 is 7.82 Å². The van der Waals surface area contributed by atoms with E-state index in [9.17, 15) is 19.0 Å². The lowest BCUT2D eigenvalue weighted by Crippen LogP contribution is -2.34. The van der Waals surface area contributed by atoms with E-state index in [1.54, 1.807) is 0 Å². The molecule has 0 aromatic heterocycles. The summed E-state index contributed by atoms with van der Waals surface area (Å²) in [6, 6.07) is 6.25. The van der Waals surface area contributed by atoms with E-state index < -0.39 is 26.4 Å². The first kappa shape index (κ1) is 33.1. The van der Waals surface area contributed by atoms with Crippen LogP contribution in [0.5, 0.6) is 5.75 Å². The minimum atomic E-state index is -4.42. The van der Waals surface area contributed by atoms with Crippen molar-refractivity contribution in [2.24, 2.45) is 5.73 Å². The van der Waals surface area contributed by atoms with Gasteiger partial charge in [0.15, 0.2) is 0 Å². The van der Waals surface area contributed by atoms with Crippen LogP contribution < -0.4 is 10.5 Å². The molecular weight excluding hydrogens is 501 g/mol. The number of ether oxygens (including phenoxy) is 2. The van der Waals surface area contributed by atoms with Crippen molar-refractivity contribution >= 4 is 19.8 Å². The van der Waals surface area contributed by atoms with Gasteiger partial charge in [-0.15, -0.1) is 0 Å². The average molecular weight is 546 g/mol. The van der Waals surface area contributed by atoms with Crippen LogP contribution in [-0.2, 0) is 34.4 Å². The highest BCUT2D eigenvalue weighted by molar-refractivity contribution is 7.47. The third-order valence-electron chi connectivity index (χ3n) is 5.60. The molecule has 1 unspecified atom stereocenters. The molecular formula is C26H44NO9P. The van der Waals surface area contributed by atoms with Crippen molar-refractivity contribution in [1.82, 2.24) is 0 Å². The minimum absolute atomic E-state index is 0.0130. The van der Waals surface area contributed by atoms with Crippen molar-refractivity contribution in [3.05, 3.63) is 29.8 Å². The fourth-order valence-corrected chi connectivity index (χ4v) is 4.16. The average Bonchev–Trinajstić information content (AvgIpc) is 2.87. The minimum Gasteiger partial charge on any atom is -0.494 e. The van der Waals surface area contributed by atoms with Gasteiger partial charge in [-0.05, 0) is 30.5 Å². The molecule has 0 fully saturated rings. The monoisotopic (exact) mass is 545 g/mol. The Kier molecular flexibility index (Phi) is 17.9. The molecule has 0 bridgehead atoms. The highest BCUT2D eigenvalue weighted by Gasteiger charge is 2.24. The van der Waals surface area contributed by atoms with E-state index in [-0.39, 0.29) is 32.0 Å². The van der Waals surface area contributed by atoms with Crippen LogP contribution in [0.1, 0.15) is 83.1 Å². The maximum absolute atomic E-state index is 11.9. The van der Waals surface area contributed by atoms with Crippen LogP contribution in [0, 0.1) is 0 Å². The quantitative estimate of drug-likeness (QED) is 0.0971. The molecule has 0 saturated carbocycles. The number of hydrogen-bond donors (Lipinski definition) is 3. The number of aryl methyl sites for hydroxylation is 1. The Balaban J connectivity index is 2.08. The number of nitrogens with two attached hydrogens (primary N) is 1. The fraction of sp³-hybridized carbons (Fsp3) is 0.692. The molecule has 0 heterocycles. The first-order valence-corrected chi connectivity index (χ1v) is 14.7. The first-order chi connectivity index (χ1) is 17.7. The van der Waals surface area contributed by atoms with Crippen molar-refractivity contribution in [3.8, 4) is 5.75 Å². The molecule has 0 aliphatic carbocycles. The molecule has 1 rings (SSSR count). The number of carboxylic acid groups (broad SMARTS) is 1. The summed E-state index contributed by atoms with van der Waals surface area (Å²) in [4.78, 5) is 31.9. The van der Waals surface area contributed by atoms with E-state index in [0.29, 0.717) is 13.0 Å². The molecule has 4 N–H and O–H groups in total. The highest BCUT2D eigenvalue weighted by Crippen LogP contribution is 2.43. The van der Waals surface area contributed by atoms with Crippen molar-refractivity contribution < 1.29 is 42.7 Å². The molecule has 0 aliphatic heterocycles. The Morgan fingerprint density at radius 1 is 0.892 bits per heavy atom. The zero-order valence-electron chi connectivity index (χ0n) is 22.0. The van der Waals surface area contributed by atoms with Gasteiger partial charge in [-0.25, -0.2) is 4.57 Å². The lowest BCUT2D eigenvalue weighted by Gasteiger charge is -2.13. The predicted molar refractivity (Wildman–Crippen MR) is 140 cm³/mol. The number of hydrogen-bond acceptors (Lipinski definition) is 8. The van der Waals surface area contributed by atoms with Gasteiger partial charge < -0.3 is 25.2 Å². The van der Waals surface area contributed by atoms with E-state index in [4.69, 9.17) is 20.3 Å². The normalized spacial score (nSPS) is 13.6. The third-order valence-corrected chi connectivity index (χ3v) is 6.58. The Hall–Kier alpha value is -1.97. The smallest absolute Gasteiger partial charge is 0.472 e. The van der Waals surface area contributed by atoms with E-state index in [2.05, 4.69) is 16.0 Å². The summed E-state index contributed by atoms with van der Waals surface area (Å²) in [5.41, 5.74) is 6.18. The number of esters is 1. The number of unbranched alkanes of at least 4 members (excludes halogenated alkanes) is 8. The standard InChI is InChI=1S/C26H44NO9P/c1-2-3-4-5-6-7-8-9-10-18-33-23-15-12-22(13-16-23)14-17-25(28)34-19-11-20-35-37(31,32)36-21-24(27)26(29)30/h12-13,15-16,24H,2-11,14,17-21,27H2,1H3,(H,29,30)(H,31,32)/t24-/m0/s1. The van der Waals surface area contributed by atoms with Crippen LogP contribution in [0.2, 0.25) is 0 Å². The van der Waals surface area contributed by atoms with E-state index in [1.165, 1.54) is 51.4 Å². The maximum Gasteiger partial charge on any atom is 0.472 e. The topological polar surface area (TPSA) is 155 Å². The summed E-state index contributed by atoms with van der Waals surface area (Å²) >= 11 is 0. The lowest BCUT2D eigenvalue weighted by molar-refractivity contribution is -0.143. The number of benzene rings is 1. The van der Waals surface area contributed by atoms with Gasteiger partial charge in [0.2, 0.25) is 0 Å². The number of rotatable bonds is 23. The zero-order valence-corrected chi connectivity index (χ0v) is 22.9. The van der Waals surface area contributed by atoms with Crippen LogP contribution in [0.25, 0.3) is 0 Å². The van der Waals surface area contributed by atoms with Crippen LogP contribution in [0.3, 0.4) is 0 Å². The summed E-state index contributed by atoms with van der Waals surface area (Å²) in [6.45, 7) is 2.09. The van der Waals surface area contributed by atoms with Gasteiger partial charge in [-0.2, -0.15) is 0 Å². The van der Waals surface area contributed by atoms with Gasteiger partial charge >= 0.3 is 19.8 Å². The molecule has 1 aromatic rings. The van der Waals surface area contributed by atoms with E-state index >= 15 is 0 Å². The number of carbonyl (C=O) groups is 2. The molecule has 10 nitrogen and oxygen atoms in total. The summed E-state index contributed by atoms with van der Waals surface area (Å²) in [5.74, 6) is -0.928. The lowest BCUT2D eigenvalue weighted by atomic mass is 10.1. The van der Waals surface area contributed by atoms with Crippen molar-refractivity contribution in [3.63, 3.8) is 0 Å². The largest absolute Gasteiger partial charge is 0.494 e.